The Morgan fingerprint density at radius 1 is 1.21 bits per heavy atom. The summed E-state index contributed by atoms with van der Waals surface area (Å²) in [6.07, 6.45) is 1.53. The van der Waals surface area contributed by atoms with Crippen molar-refractivity contribution in [1.82, 2.24) is 0 Å². The second-order valence-electron chi connectivity index (χ2n) is 4.85. The third-order valence-electron chi connectivity index (χ3n) is 3.28. The molecule has 0 atom stereocenters. The van der Waals surface area contributed by atoms with Gasteiger partial charge in [0.1, 0.15) is 9.84 Å². The molecule has 1 fully saturated rings. The molecule has 0 aliphatic carbocycles. The fraction of sp³-hybridized carbons (Fsp3) is 0.462. The highest BCUT2D eigenvalue weighted by molar-refractivity contribution is 7.91. The van der Waals surface area contributed by atoms with Crippen LogP contribution in [0.3, 0.4) is 0 Å². The molecule has 0 radical (unpaired) electrons. The van der Waals surface area contributed by atoms with Crippen LogP contribution in [0, 0.1) is 5.92 Å². The highest BCUT2D eigenvalue weighted by Gasteiger charge is 2.25. The maximum Gasteiger partial charge on any atom is 0.224 e. The van der Waals surface area contributed by atoms with Crippen molar-refractivity contribution in [2.24, 2.45) is 5.92 Å². The van der Waals surface area contributed by atoms with Gasteiger partial charge in [-0.3, -0.25) is 4.79 Å². The summed E-state index contributed by atoms with van der Waals surface area (Å²) in [5.74, 6) is 0.486. The molecule has 0 spiro atoms. The molecule has 0 unspecified atom stereocenters. The highest BCUT2D eigenvalue weighted by Crippen LogP contribution is 2.22. The second kappa shape index (κ2) is 5.92. The van der Waals surface area contributed by atoms with E-state index in [1.807, 2.05) is 0 Å². The molecule has 0 saturated carbocycles. The zero-order valence-corrected chi connectivity index (χ0v) is 12.0. The van der Waals surface area contributed by atoms with Crippen LogP contribution in [0.2, 0.25) is 5.02 Å². The molecule has 19 heavy (non-hydrogen) atoms. The summed E-state index contributed by atoms with van der Waals surface area (Å²) >= 11 is 5.76. The Balaban J connectivity index is 1.83. The average molecular weight is 302 g/mol. The van der Waals surface area contributed by atoms with Crippen LogP contribution in [0.5, 0.6) is 0 Å². The van der Waals surface area contributed by atoms with Crippen molar-refractivity contribution in [1.29, 1.82) is 0 Å². The number of nitrogens with one attached hydrogen (secondary N) is 1. The largest absolute Gasteiger partial charge is 0.326 e. The van der Waals surface area contributed by atoms with Gasteiger partial charge in [0.2, 0.25) is 5.91 Å². The molecule has 4 nitrogen and oxygen atoms in total. The van der Waals surface area contributed by atoms with Gasteiger partial charge in [-0.1, -0.05) is 11.6 Å². The van der Waals surface area contributed by atoms with Crippen molar-refractivity contribution in [3.63, 3.8) is 0 Å². The molecule has 0 bridgehead atoms. The predicted molar refractivity (Wildman–Crippen MR) is 76.1 cm³/mol. The molecule has 104 valence electrons. The topological polar surface area (TPSA) is 63.2 Å². The maximum atomic E-state index is 11.8. The minimum Gasteiger partial charge on any atom is -0.326 e. The lowest BCUT2D eigenvalue weighted by atomic mass is 9.98. The standard InChI is InChI=1S/C13H16ClNO3S/c14-11-1-3-12(4-2-11)15-13(16)9-10-5-7-19(17,18)8-6-10/h1-4,10H,5-9H2,(H,15,16). The Bertz CT molecular complexity index is 540. The van der Waals surface area contributed by atoms with E-state index in [0.717, 1.165) is 0 Å². The summed E-state index contributed by atoms with van der Waals surface area (Å²) in [5, 5.41) is 3.41. The lowest BCUT2D eigenvalue weighted by molar-refractivity contribution is -0.117. The van der Waals surface area contributed by atoms with Crippen molar-refractivity contribution >= 4 is 33.0 Å². The first-order valence-electron chi connectivity index (χ1n) is 6.20. The number of carbonyl (C=O) groups excluding carboxylic acids is 1. The van der Waals surface area contributed by atoms with Crippen molar-refractivity contribution in [3.8, 4) is 0 Å². The van der Waals surface area contributed by atoms with Gasteiger partial charge >= 0.3 is 0 Å². The van der Waals surface area contributed by atoms with E-state index < -0.39 is 9.84 Å². The van der Waals surface area contributed by atoms with Gasteiger partial charge in [-0.05, 0) is 43.0 Å². The van der Waals surface area contributed by atoms with Crippen LogP contribution in [-0.4, -0.2) is 25.8 Å². The van der Waals surface area contributed by atoms with Gasteiger partial charge < -0.3 is 5.32 Å². The monoisotopic (exact) mass is 301 g/mol. The molecule has 1 aromatic rings. The van der Waals surface area contributed by atoms with E-state index in [4.69, 9.17) is 11.6 Å². The fourth-order valence-electron chi connectivity index (χ4n) is 2.15. The summed E-state index contributed by atoms with van der Waals surface area (Å²) in [6.45, 7) is 0. The summed E-state index contributed by atoms with van der Waals surface area (Å²) in [4.78, 5) is 11.8. The summed E-state index contributed by atoms with van der Waals surface area (Å²) in [5.41, 5.74) is 0.706. The summed E-state index contributed by atoms with van der Waals surface area (Å²) < 4.78 is 22.6. The van der Waals surface area contributed by atoms with E-state index in [1.165, 1.54) is 0 Å². The van der Waals surface area contributed by atoms with Gasteiger partial charge in [0.05, 0.1) is 11.5 Å². The lowest BCUT2D eigenvalue weighted by Crippen LogP contribution is -2.26. The Labute approximate surface area is 118 Å². The van der Waals surface area contributed by atoms with E-state index in [2.05, 4.69) is 5.32 Å². The van der Waals surface area contributed by atoms with Crippen molar-refractivity contribution in [2.45, 2.75) is 19.3 Å². The number of halogens is 1. The normalized spacial score (nSPS) is 19.0. The van der Waals surface area contributed by atoms with Gasteiger partial charge in [-0.25, -0.2) is 8.42 Å². The Kier molecular flexibility index (Phi) is 4.47. The predicted octanol–water partition coefficient (Wildman–Crippen LogP) is 2.49. The molecule has 1 aromatic carbocycles. The summed E-state index contributed by atoms with van der Waals surface area (Å²) in [7, 11) is -2.86. The van der Waals surface area contributed by atoms with E-state index >= 15 is 0 Å². The maximum absolute atomic E-state index is 11.8. The Morgan fingerprint density at radius 2 is 1.79 bits per heavy atom. The number of amides is 1. The van der Waals surface area contributed by atoms with Crippen molar-refractivity contribution in [3.05, 3.63) is 29.3 Å². The lowest BCUT2D eigenvalue weighted by Gasteiger charge is -2.21. The average Bonchev–Trinajstić information content (AvgIpc) is 2.35. The van der Waals surface area contributed by atoms with Crippen molar-refractivity contribution < 1.29 is 13.2 Å². The van der Waals surface area contributed by atoms with Crippen LogP contribution >= 0.6 is 11.6 Å². The first kappa shape index (κ1) is 14.3. The van der Waals surface area contributed by atoms with E-state index in [1.54, 1.807) is 24.3 Å². The van der Waals surface area contributed by atoms with Crippen LogP contribution in [0.4, 0.5) is 5.69 Å². The molecule has 1 N–H and O–H groups in total. The Hall–Kier alpha value is -1.07. The molecule has 1 heterocycles. The molecule has 6 heteroatoms. The molecule has 1 aliphatic heterocycles. The van der Waals surface area contributed by atoms with Gasteiger partial charge in [0.25, 0.3) is 0 Å². The van der Waals surface area contributed by atoms with Crippen LogP contribution in [-0.2, 0) is 14.6 Å². The minimum atomic E-state index is -2.86. The zero-order valence-electron chi connectivity index (χ0n) is 10.4. The number of benzene rings is 1. The number of rotatable bonds is 3. The van der Waals surface area contributed by atoms with Gasteiger partial charge in [-0.2, -0.15) is 0 Å². The van der Waals surface area contributed by atoms with Crippen LogP contribution < -0.4 is 5.32 Å². The number of hydrogen-bond acceptors (Lipinski definition) is 3. The molecule has 1 saturated heterocycles. The quantitative estimate of drug-likeness (QED) is 0.933. The van der Waals surface area contributed by atoms with Crippen LogP contribution in [0.15, 0.2) is 24.3 Å². The molecule has 0 aromatic heterocycles. The molecule has 2 rings (SSSR count). The van der Waals surface area contributed by atoms with Crippen LogP contribution in [0.1, 0.15) is 19.3 Å². The molecular formula is C13H16ClNO3S. The first-order valence-corrected chi connectivity index (χ1v) is 8.40. The second-order valence-corrected chi connectivity index (χ2v) is 7.59. The third-order valence-corrected chi connectivity index (χ3v) is 5.24. The van der Waals surface area contributed by atoms with Crippen LogP contribution in [0.25, 0.3) is 0 Å². The van der Waals surface area contributed by atoms with Gasteiger partial charge in [0.15, 0.2) is 0 Å². The number of anilines is 1. The number of hydrogen-bond donors (Lipinski definition) is 1. The molecule has 1 amide bonds. The van der Waals surface area contributed by atoms with E-state index in [-0.39, 0.29) is 23.3 Å². The van der Waals surface area contributed by atoms with Gasteiger partial charge in [0, 0.05) is 17.1 Å². The summed E-state index contributed by atoms with van der Waals surface area (Å²) in [6, 6.07) is 6.91. The highest BCUT2D eigenvalue weighted by atomic mass is 35.5. The fourth-order valence-corrected chi connectivity index (χ4v) is 3.87. The van der Waals surface area contributed by atoms with E-state index in [0.29, 0.717) is 30.0 Å². The molecule has 1 aliphatic rings. The SMILES string of the molecule is O=C(CC1CCS(=O)(=O)CC1)Nc1ccc(Cl)cc1. The zero-order chi connectivity index (χ0) is 13.9. The number of sulfone groups is 1. The number of carbonyl (C=O) groups is 1. The smallest absolute Gasteiger partial charge is 0.224 e. The van der Waals surface area contributed by atoms with Gasteiger partial charge in [-0.15, -0.1) is 0 Å². The first-order chi connectivity index (χ1) is 8.94. The van der Waals surface area contributed by atoms with Crippen molar-refractivity contribution in [2.75, 3.05) is 16.8 Å². The van der Waals surface area contributed by atoms with E-state index in [9.17, 15) is 13.2 Å². The minimum absolute atomic E-state index is 0.0772. The third kappa shape index (κ3) is 4.51. The Morgan fingerprint density at radius 3 is 2.37 bits per heavy atom. The molecular weight excluding hydrogens is 286 g/mol.